The normalized spacial score (nSPS) is 16.5. The Kier molecular flexibility index (Phi) is 6.57. The van der Waals surface area contributed by atoms with Crippen LogP contribution in [0.3, 0.4) is 0 Å². The minimum absolute atomic E-state index is 0.00211. The highest BCUT2D eigenvalue weighted by molar-refractivity contribution is 6.31. The molecule has 34 heavy (non-hydrogen) atoms. The second-order valence-corrected chi connectivity index (χ2v) is 8.34. The smallest absolute Gasteiger partial charge is 0.250 e. The Labute approximate surface area is 200 Å². The Morgan fingerprint density at radius 2 is 2.00 bits per heavy atom. The number of amides is 1. The number of rotatable bonds is 5. The maximum atomic E-state index is 13.6. The lowest BCUT2D eigenvalue weighted by Gasteiger charge is -2.30. The summed E-state index contributed by atoms with van der Waals surface area (Å²) >= 11 is 5.93. The zero-order chi connectivity index (χ0) is 23.5. The van der Waals surface area contributed by atoms with Crippen molar-refractivity contribution >= 4 is 45.6 Å². The minimum atomic E-state index is -0.503. The number of hydrogen-bond acceptors (Lipinski definition) is 7. The summed E-state index contributed by atoms with van der Waals surface area (Å²) in [4.78, 5) is 25.7. The van der Waals surface area contributed by atoms with E-state index >= 15 is 0 Å². The van der Waals surface area contributed by atoms with Crippen LogP contribution in [0.1, 0.15) is 0 Å². The third kappa shape index (κ3) is 4.68. The van der Waals surface area contributed by atoms with Crippen molar-refractivity contribution in [3.63, 3.8) is 0 Å². The van der Waals surface area contributed by atoms with Crippen LogP contribution in [0.25, 0.3) is 10.9 Å². The number of fused-ring (bicyclic) bond motifs is 3. The van der Waals surface area contributed by atoms with Gasteiger partial charge in [-0.1, -0.05) is 17.7 Å². The molecule has 0 aliphatic carbocycles. The molecule has 1 N–H and O–H groups in total. The topological polar surface area (TPSA) is 79.8 Å². The number of carbonyl (C=O) groups excluding carboxylic acids is 1. The number of carbonyl (C=O) groups is 1. The molecule has 5 rings (SSSR count). The Balaban J connectivity index is 1.43. The number of ether oxygens (including phenoxy) is 2. The average molecular weight is 484 g/mol. The molecule has 10 heteroatoms. The van der Waals surface area contributed by atoms with Crippen LogP contribution in [0.4, 0.5) is 21.6 Å². The van der Waals surface area contributed by atoms with Gasteiger partial charge in [0, 0.05) is 31.4 Å². The number of benzene rings is 2. The van der Waals surface area contributed by atoms with Crippen molar-refractivity contribution in [3.05, 3.63) is 59.7 Å². The molecule has 8 nitrogen and oxygen atoms in total. The molecule has 1 amide bonds. The van der Waals surface area contributed by atoms with Crippen molar-refractivity contribution in [1.82, 2.24) is 14.9 Å². The summed E-state index contributed by atoms with van der Waals surface area (Å²) in [5.41, 5.74) is 1.87. The number of hydrogen-bond donors (Lipinski definition) is 1. The molecule has 0 spiro atoms. The molecule has 2 aliphatic heterocycles. The van der Waals surface area contributed by atoms with Crippen LogP contribution in [-0.2, 0) is 9.53 Å². The zero-order valence-electron chi connectivity index (χ0n) is 18.3. The van der Waals surface area contributed by atoms with E-state index in [2.05, 4.69) is 20.2 Å². The quantitative estimate of drug-likeness (QED) is 0.553. The van der Waals surface area contributed by atoms with E-state index in [-0.39, 0.29) is 10.9 Å². The molecule has 1 fully saturated rings. The van der Waals surface area contributed by atoms with Gasteiger partial charge in [-0.25, -0.2) is 14.4 Å². The van der Waals surface area contributed by atoms with Gasteiger partial charge in [-0.3, -0.25) is 9.69 Å². The SMILES string of the molecule is O=C(/C=C/CN1CCOCC1)N1CCOc2c1ccc1ncnc(Nc3ccc(F)c(Cl)c3)c21. The maximum Gasteiger partial charge on any atom is 0.250 e. The Bertz CT molecular complexity index is 1250. The molecule has 0 unspecified atom stereocenters. The second kappa shape index (κ2) is 9.92. The van der Waals surface area contributed by atoms with Gasteiger partial charge in [0.05, 0.1) is 41.4 Å². The highest BCUT2D eigenvalue weighted by Crippen LogP contribution is 2.41. The van der Waals surface area contributed by atoms with Gasteiger partial charge < -0.3 is 19.7 Å². The molecule has 0 radical (unpaired) electrons. The predicted octanol–water partition coefficient (Wildman–Crippen LogP) is 3.78. The van der Waals surface area contributed by atoms with E-state index in [1.807, 2.05) is 18.2 Å². The van der Waals surface area contributed by atoms with Gasteiger partial charge in [0.15, 0.2) is 5.75 Å². The Hall–Kier alpha value is -3.27. The summed E-state index contributed by atoms with van der Waals surface area (Å²) in [5, 5.41) is 3.80. The van der Waals surface area contributed by atoms with Crippen LogP contribution >= 0.6 is 11.6 Å². The third-order valence-corrected chi connectivity index (χ3v) is 6.05. The van der Waals surface area contributed by atoms with Gasteiger partial charge in [-0.05, 0) is 30.3 Å². The number of aromatic nitrogens is 2. The van der Waals surface area contributed by atoms with Gasteiger partial charge >= 0.3 is 0 Å². The number of nitrogens with zero attached hydrogens (tertiary/aromatic N) is 4. The van der Waals surface area contributed by atoms with Gasteiger partial charge in [0.1, 0.15) is 24.6 Å². The summed E-state index contributed by atoms with van der Waals surface area (Å²) in [6, 6.07) is 7.99. The van der Waals surface area contributed by atoms with Crippen molar-refractivity contribution < 1.29 is 18.7 Å². The highest BCUT2D eigenvalue weighted by atomic mass is 35.5. The summed E-state index contributed by atoms with van der Waals surface area (Å²) < 4.78 is 24.9. The Morgan fingerprint density at radius 1 is 1.15 bits per heavy atom. The first-order valence-electron chi connectivity index (χ1n) is 11.0. The lowest BCUT2D eigenvalue weighted by atomic mass is 10.1. The van der Waals surface area contributed by atoms with E-state index in [4.69, 9.17) is 21.1 Å². The summed E-state index contributed by atoms with van der Waals surface area (Å²) in [6.07, 6.45) is 4.93. The number of morpholine rings is 1. The standard InChI is InChI=1S/C24H23ClFN5O3/c25-17-14-16(3-4-18(17)26)29-24-22-19(27-15-28-24)5-6-20-23(22)34-13-10-31(20)21(32)2-1-7-30-8-11-33-12-9-30/h1-6,14-15H,7-13H2,(H,27,28,29)/b2-1+. The minimum Gasteiger partial charge on any atom is -0.489 e. The van der Waals surface area contributed by atoms with E-state index in [1.165, 1.54) is 18.5 Å². The first kappa shape index (κ1) is 22.5. The molecule has 3 heterocycles. The molecule has 2 aliphatic rings. The van der Waals surface area contributed by atoms with Crippen LogP contribution in [0.15, 0.2) is 48.8 Å². The summed E-state index contributed by atoms with van der Waals surface area (Å²) in [6.45, 7) is 4.63. The van der Waals surface area contributed by atoms with Crippen molar-refractivity contribution in [2.45, 2.75) is 0 Å². The Morgan fingerprint density at radius 3 is 2.82 bits per heavy atom. The first-order valence-corrected chi connectivity index (χ1v) is 11.4. The fraction of sp³-hybridized carbons (Fsp3) is 0.292. The van der Waals surface area contributed by atoms with Crippen LogP contribution < -0.4 is 15.0 Å². The molecule has 0 saturated carbocycles. The monoisotopic (exact) mass is 483 g/mol. The molecule has 176 valence electrons. The number of anilines is 3. The number of halogens is 2. The number of nitrogens with one attached hydrogen (secondary N) is 1. The van der Waals surface area contributed by atoms with Crippen molar-refractivity contribution in [2.75, 3.05) is 56.2 Å². The lowest BCUT2D eigenvalue weighted by Crippen LogP contribution is -2.38. The lowest BCUT2D eigenvalue weighted by molar-refractivity contribution is -0.114. The first-order chi connectivity index (χ1) is 16.6. The largest absolute Gasteiger partial charge is 0.489 e. The van der Waals surface area contributed by atoms with Crippen LogP contribution in [0, 0.1) is 5.82 Å². The van der Waals surface area contributed by atoms with E-state index in [9.17, 15) is 9.18 Å². The van der Waals surface area contributed by atoms with Gasteiger partial charge in [-0.2, -0.15) is 0 Å². The molecule has 3 aromatic rings. The van der Waals surface area contributed by atoms with Gasteiger partial charge in [-0.15, -0.1) is 0 Å². The fourth-order valence-corrected chi connectivity index (χ4v) is 4.22. The molecular weight excluding hydrogens is 461 g/mol. The predicted molar refractivity (Wildman–Crippen MR) is 128 cm³/mol. The van der Waals surface area contributed by atoms with E-state index in [0.717, 1.165) is 13.1 Å². The molecule has 2 aromatic carbocycles. The molecule has 0 bridgehead atoms. The summed E-state index contributed by atoms with van der Waals surface area (Å²) in [7, 11) is 0. The average Bonchev–Trinajstić information content (AvgIpc) is 2.86. The van der Waals surface area contributed by atoms with Gasteiger partial charge in [0.2, 0.25) is 0 Å². The molecule has 0 atom stereocenters. The van der Waals surface area contributed by atoms with Crippen LogP contribution in [-0.4, -0.2) is 66.8 Å². The summed E-state index contributed by atoms with van der Waals surface area (Å²) in [5.74, 6) is 0.377. The van der Waals surface area contributed by atoms with Crippen LogP contribution in [0.2, 0.25) is 5.02 Å². The second-order valence-electron chi connectivity index (χ2n) is 7.94. The van der Waals surface area contributed by atoms with Crippen molar-refractivity contribution in [1.29, 1.82) is 0 Å². The fourth-order valence-electron chi connectivity index (χ4n) is 4.04. The molecule has 1 saturated heterocycles. The third-order valence-electron chi connectivity index (χ3n) is 5.76. The van der Waals surface area contributed by atoms with E-state index < -0.39 is 5.82 Å². The molecule has 1 aromatic heterocycles. The van der Waals surface area contributed by atoms with Crippen LogP contribution in [0.5, 0.6) is 5.75 Å². The molecular formula is C24H23ClFN5O3. The highest BCUT2D eigenvalue weighted by Gasteiger charge is 2.26. The van der Waals surface area contributed by atoms with Crippen molar-refractivity contribution in [2.24, 2.45) is 0 Å². The van der Waals surface area contributed by atoms with E-state index in [0.29, 0.717) is 66.8 Å². The maximum absolute atomic E-state index is 13.6. The zero-order valence-corrected chi connectivity index (χ0v) is 19.1. The van der Waals surface area contributed by atoms with Crippen molar-refractivity contribution in [3.8, 4) is 5.75 Å². The van der Waals surface area contributed by atoms with E-state index in [1.54, 1.807) is 17.0 Å². The van der Waals surface area contributed by atoms with Gasteiger partial charge in [0.25, 0.3) is 5.91 Å².